The van der Waals surface area contributed by atoms with Gasteiger partial charge in [-0.15, -0.1) is 0 Å². The largest absolute Gasteiger partial charge is 0.486 e. The normalized spacial score (nSPS) is 15.1. The van der Waals surface area contributed by atoms with Crippen LogP contribution in [-0.4, -0.2) is 19.3 Å². The summed E-state index contributed by atoms with van der Waals surface area (Å²) in [6.07, 6.45) is 1.52. The van der Waals surface area contributed by atoms with Gasteiger partial charge in [0.05, 0.1) is 6.04 Å². The van der Waals surface area contributed by atoms with Crippen molar-refractivity contribution in [3.8, 4) is 11.5 Å². The average molecular weight is 240 g/mol. The smallest absolute Gasteiger partial charge is 0.235 e. The number of isocyanates is 1. The first kappa shape index (κ1) is 11.0. The van der Waals surface area contributed by atoms with Gasteiger partial charge in [-0.25, -0.2) is 4.79 Å². The molecule has 0 saturated carbocycles. The maximum atomic E-state index is 10.2. The van der Waals surface area contributed by atoms with Crippen molar-refractivity contribution in [3.05, 3.63) is 22.7 Å². The minimum atomic E-state index is -0.333. The van der Waals surface area contributed by atoms with E-state index in [-0.39, 0.29) is 6.04 Å². The summed E-state index contributed by atoms with van der Waals surface area (Å²) in [6.45, 7) is 2.80. The van der Waals surface area contributed by atoms with Crippen molar-refractivity contribution in [1.29, 1.82) is 0 Å². The van der Waals surface area contributed by atoms with Crippen LogP contribution in [0.2, 0.25) is 5.02 Å². The number of halogens is 1. The first-order valence-electron chi connectivity index (χ1n) is 4.88. The Labute approximate surface area is 97.8 Å². The topological polar surface area (TPSA) is 47.9 Å². The number of aliphatic imine (C=N–C) groups is 1. The standard InChI is InChI=1S/C11H10ClNO3/c1-7(13-6-14)8-4-10-11(5-9(8)12)16-3-2-15-10/h4-5,7H,2-3H2,1H3. The van der Waals surface area contributed by atoms with Crippen LogP contribution in [0.15, 0.2) is 17.1 Å². The predicted molar refractivity (Wildman–Crippen MR) is 59.0 cm³/mol. The molecule has 16 heavy (non-hydrogen) atoms. The Kier molecular flexibility index (Phi) is 3.13. The molecule has 0 N–H and O–H groups in total. The molecule has 0 radical (unpaired) electrons. The molecule has 0 saturated heterocycles. The fraction of sp³-hybridized carbons (Fsp3) is 0.364. The number of rotatable bonds is 2. The van der Waals surface area contributed by atoms with Crippen molar-refractivity contribution < 1.29 is 14.3 Å². The third kappa shape index (κ3) is 2.03. The van der Waals surface area contributed by atoms with Gasteiger partial charge < -0.3 is 9.47 Å². The number of nitrogens with zero attached hydrogens (tertiary/aromatic N) is 1. The minimum absolute atomic E-state index is 0.333. The van der Waals surface area contributed by atoms with E-state index in [1.165, 1.54) is 6.08 Å². The second-order valence-electron chi connectivity index (χ2n) is 3.41. The molecule has 0 bridgehead atoms. The molecule has 0 fully saturated rings. The third-order valence-electron chi connectivity index (χ3n) is 2.36. The van der Waals surface area contributed by atoms with Crippen LogP contribution in [0.4, 0.5) is 0 Å². The van der Waals surface area contributed by atoms with Crippen molar-refractivity contribution in [2.45, 2.75) is 13.0 Å². The number of benzene rings is 1. The number of carbonyl (C=O) groups excluding carboxylic acids is 1. The molecule has 0 aliphatic carbocycles. The maximum Gasteiger partial charge on any atom is 0.235 e. The summed E-state index contributed by atoms with van der Waals surface area (Å²) in [5, 5.41) is 0.510. The van der Waals surface area contributed by atoms with E-state index < -0.39 is 0 Å². The fourth-order valence-corrected chi connectivity index (χ4v) is 1.86. The molecule has 1 aliphatic heterocycles. The lowest BCUT2D eigenvalue weighted by molar-refractivity contribution is 0.171. The highest BCUT2D eigenvalue weighted by atomic mass is 35.5. The summed E-state index contributed by atoms with van der Waals surface area (Å²) < 4.78 is 10.8. The van der Waals surface area contributed by atoms with Crippen LogP contribution < -0.4 is 9.47 Å². The third-order valence-corrected chi connectivity index (χ3v) is 2.69. The second-order valence-corrected chi connectivity index (χ2v) is 3.82. The van der Waals surface area contributed by atoms with E-state index in [1.807, 2.05) is 0 Å². The van der Waals surface area contributed by atoms with E-state index in [0.29, 0.717) is 29.7 Å². The Morgan fingerprint density at radius 2 is 2.00 bits per heavy atom. The highest BCUT2D eigenvalue weighted by Gasteiger charge is 2.17. The van der Waals surface area contributed by atoms with E-state index in [9.17, 15) is 4.79 Å². The van der Waals surface area contributed by atoms with Gasteiger partial charge in [0, 0.05) is 11.1 Å². The lowest BCUT2D eigenvalue weighted by Crippen LogP contribution is -2.15. The number of fused-ring (bicyclic) bond motifs is 1. The van der Waals surface area contributed by atoms with Crippen molar-refractivity contribution >= 4 is 17.7 Å². The van der Waals surface area contributed by atoms with E-state index in [4.69, 9.17) is 21.1 Å². The first-order chi connectivity index (χ1) is 7.72. The molecule has 5 heteroatoms. The molecule has 2 rings (SSSR count). The molecule has 4 nitrogen and oxygen atoms in total. The quantitative estimate of drug-likeness (QED) is 0.589. The highest BCUT2D eigenvalue weighted by Crippen LogP contribution is 2.38. The second kappa shape index (κ2) is 4.56. The summed E-state index contributed by atoms with van der Waals surface area (Å²) in [6, 6.07) is 3.10. The van der Waals surface area contributed by atoms with Crippen molar-refractivity contribution in [1.82, 2.24) is 0 Å². The van der Waals surface area contributed by atoms with Gasteiger partial charge in [0.25, 0.3) is 0 Å². The maximum absolute atomic E-state index is 10.2. The number of ether oxygens (including phenoxy) is 2. The zero-order valence-corrected chi connectivity index (χ0v) is 9.45. The van der Waals surface area contributed by atoms with Crippen molar-refractivity contribution in [2.24, 2.45) is 4.99 Å². The monoisotopic (exact) mass is 239 g/mol. The molecule has 1 atom stereocenters. The number of hydrogen-bond donors (Lipinski definition) is 0. The van der Waals surface area contributed by atoms with Crippen LogP contribution in [0.3, 0.4) is 0 Å². The van der Waals surface area contributed by atoms with Crippen molar-refractivity contribution in [3.63, 3.8) is 0 Å². The zero-order valence-electron chi connectivity index (χ0n) is 8.70. The highest BCUT2D eigenvalue weighted by molar-refractivity contribution is 6.31. The predicted octanol–water partition coefficient (Wildman–Crippen LogP) is 2.51. The Morgan fingerprint density at radius 1 is 1.38 bits per heavy atom. The lowest BCUT2D eigenvalue weighted by atomic mass is 10.1. The Morgan fingerprint density at radius 3 is 2.62 bits per heavy atom. The number of hydrogen-bond acceptors (Lipinski definition) is 4. The molecule has 0 spiro atoms. The fourth-order valence-electron chi connectivity index (χ4n) is 1.55. The first-order valence-corrected chi connectivity index (χ1v) is 5.26. The van der Waals surface area contributed by atoms with Crippen molar-refractivity contribution in [2.75, 3.05) is 13.2 Å². The van der Waals surface area contributed by atoms with E-state index in [2.05, 4.69) is 4.99 Å². The van der Waals surface area contributed by atoms with Gasteiger partial charge >= 0.3 is 0 Å². The molecule has 84 valence electrons. The average Bonchev–Trinajstić information content (AvgIpc) is 2.28. The molecule has 1 aromatic rings. The van der Waals surface area contributed by atoms with Gasteiger partial charge in [0.2, 0.25) is 6.08 Å². The molecule has 1 unspecified atom stereocenters. The van der Waals surface area contributed by atoms with Gasteiger partial charge in [-0.1, -0.05) is 11.6 Å². The Hall–Kier alpha value is -1.51. The van der Waals surface area contributed by atoms with Gasteiger partial charge in [-0.05, 0) is 18.6 Å². The van der Waals surface area contributed by atoms with Gasteiger partial charge in [0.1, 0.15) is 13.2 Å². The summed E-state index contributed by atoms with van der Waals surface area (Å²) in [5.41, 5.74) is 0.731. The summed E-state index contributed by atoms with van der Waals surface area (Å²) in [5.74, 6) is 1.26. The molecule has 1 heterocycles. The minimum Gasteiger partial charge on any atom is -0.486 e. The Balaban J connectivity index is 2.42. The summed E-state index contributed by atoms with van der Waals surface area (Å²) >= 11 is 6.07. The van der Waals surface area contributed by atoms with Gasteiger partial charge in [-0.3, -0.25) is 0 Å². The molecular weight excluding hydrogens is 230 g/mol. The van der Waals surface area contributed by atoms with E-state index in [0.717, 1.165) is 5.56 Å². The van der Waals surface area contributed by atoms with Crippen LogP contribution >= 0.6 is 11.6 Å². The molecule has 0 aromatic heterocycles. The molecule has 0 amide bonds. The summed E-state index contributed by atoms with van der Waals surface area (Å²) in [7, 11) is 0. The Bertz CT molecular complexity index is 455. The zero-order chi connectivity index (χ0) is 11.5. The molecular formula is C11H10ClNO3. The van der Waals surface area contributed by atoms with Crippen LogP contribution in [0.1, 0.15) is 18.5 Å². The summed E-state index contributed by atoms with van der Waals surface area (Å²) in [4.78, 5) is 13.8. The van der Waals surface area contributed by atoms with Crippen LogP contribution in [-0.2, 0) is 4.79 Å². The molecule has 1 aliphatic rings. The van der Waals surface area contributed by atoms with Gasteiger partial charge in [-0.2, -0.15) is 4.99 Å². The van der Waals surface area contributed by atoms with E-state index >= 15 is 0 Å². The lowest BCUT2D eigenvalue weighted by Gasteiger charge is -2.20. The van der Waals surface area contributed by atoms with Gasteiger partial charge in [0.15, 0.2) is 11.5 Å². The van der Waals surface area contributed by atoms with Crippen LogP contribution in [0.25, 0.3) is 0 Å². The van der Waals surface area contributed by atoms with Crippen LogP contribution in [0, 0.1) is 0 Å². The SMILES string of the molecule is CC(N=C=O)c1cc2c(cc1Cl)OCCO2. The van der Waals surface area contributed by atoms with E-state index in [1.54, 1.807) is 19.1 Å². The molecule has 1 aromatic carbocycles. The van der Waals surface area contributed by atoms with Crippen LogP contribution in [0.5, 0.6) is 11.5 Å².